The number of carbonyl (C=O) groups is 1. The highest BCUT2D eigenvalue weighted by molar-refractivity contribution is 7.09. The maximum atomic E-state index is 11.5. The predicted molar refractivity (Wildman–Crippen MR) is 59.7 cm³/mol. The fraction of sp³-hybridized carbons (Fsp3) is 0.600. The summed E-state index contributed by atoms with van der Waals surface area (Å²) in [5.41, 5.74) is 1.71. The molecule has 4 nitrogen and oxygen atoms in total. The van der Waals surface area contributed by atoms with Gasteiger partial charge < -0.3 is 4.74 Å². The maximum Gasteiger partial charge on any atom is 0.328 e. The summed E-state index contributed by atoms with van der Waals surface area (Å²) in [7, 11) is 1.40. The molecule has 0 spiro atoms. The number of aromatic nitrogens is 1. The third-order valence-electron chi connectivity index (χ3n) is 1.90. The standard InChI is InChI=1S/C10H16N2O2S/c1-7(2)4-12-9(10(13)14-3)8-5-11-6-15-8/h5-7,9,12H,4H2,1-3H3. The van der Waals surface area contributed by atoms with Gasteiger partial charge in [0.2, 0.25) is 0 Å². The minimum Gasteiger partial charge on any atom is -0.468 e. The van der Waals surface area contributed by atoms with Crippen LogP contribution >= 0.6 is 11.3 Å². The van der Waals surface area contributed by atoms with Crippen molar-refractivity contribution in [3.8, 4) is 0 Å². The molecule has 0 bridgehead atoms. The summed E-state index contributed by atoms with van der Waals surface area (Å²) >= 11 is 1.45. The molecular weight excluding hydrogens is 212 g/mol. The molecule has 0 radical (unpaired) electrons. The van der Waals surface area contributed by atoms with Crippen LogP contribution in [-0.2, 0) is 9.53 Å². The van der Waals surface area contributed by atoms with E-state index in [4.69, 9.17) is 4.74 Å². The van der Waals surface area contributed by atoms with Gasteiger partial charge in [0.25, 0.3) is 0 Å². The number of nitrogens with one attached hydrogen (secondary N) is 1. The fourth-order valence-corrected chi connectivity index (χ4v) is 1.82. The molecule has 1 unspecified atom stereocenters. The van der Waals surface area contributed by atoms with Gasteiger partial charge in [-0.1, -0.05) is 13.8 Å². The van der Waals surface area contributed by atoms with Crippen molar-refractivity contribution in [3.05, 3.63) is 16.6 Å². The van der Waals surface area contributed by atoms with Crippen LogP contribution in [0.25, 0.3) is 0 Å². The Bertz CT molecular complexity index is 298. The number of thiazole rings is 1. The number of hydrogen-bond acceptors (Lipinski definition) is 5. The van der Waals surface area contributed by atoms with Crippen LogP contribution < -0.4 is 5.32 Å². The van der Waals surface area contributed by atoms with Gasteiger partial charge >= 0.3 is 5.97 Å². The molecule has 0 saturated carbocycles. The second-order valence-electron chi connectivity index (χ2n) is 3.66. The van der Waals surface area contributed by atoms with E-state index in [-0.39, 0.29) is 12.0 Å². The summed E-state index contributed by atoms with van der Waals surface area (Å²) in [5, 5.41) is 3.17. The third kappa shape index (κ3) is 3.60. The molecule has 0 amide bonds. The molecule has 0 aromatic carbocycles. The molecule has 0 fully saturated rings. The summed E-state index contributed by atoms with van der Waals surface area (Å²) in [6.45, 7) is 4.96. The van der Waals surface area contributed by atoms with Crippen molar-refractivity contribution in [2.75, 3.05) is 13.7 Å². The number of rotatable bonds is 5. The van der Waals surface area contributed by atoms with Crippen LogP contribution in [0.2, 0.25) is 0 Å². The van der Waals surface area contributed by atoms with Gasteiger partial charge in [-0.25, -0.2) is 4.79 Å². The van der Waals surface area contributed by atoms with Gasteiger partial charge in [-0.3, -0.25) is 10.3 Å². The lowest BCUT2D eigenvalue weighted by atomic mass is 10.2. The van der Waals surface area contributed by atoms with E-state index in [1.807, 2.05) is 0 Å². The van der Waals surface area contributed by atoms with Crippen molar-refractivity contribution >= 4 is 17.3 Å². The van der Waals surface area contributed by atoms with E-state index in [1.165, 1.54) is 18.4 Å². The molecule has 0 saturated heterocycles. The lowest BCUT2D eigenvalue weighted by Gasteiger charge is -2.15. The van der Waals surface area contributed by atoms with E-state index >= 15 is 0 Å². The zero-order valence-electron chi connectivity index (χ0n) is 9.19. The van der Waals surface area contributed by atoms with E-state index in [1.54, 1.807) is 11.7 Å². The summed E-state index contributed by atoms with van der Waals surface area (Å²) in [6, 6.07) is -0.384. The second-order valence-corrected chi connectivity index (χ2v) is 4.58. The highest BCUT2D eigenvalue weighted by Crippen LogP contribution is 2.18. The Morgan fingerprint density at radius 2 is 2.40 bits per heavy atom. The molecule has 15 heavy (non-hydrogen) atoms. The number of ether oxygens (including phenoxy) is 1. The monoisotopic (exact) mass is 228 g/mol. The van der Waals surface area contributed by atoms with Crippen molar-refractivity contribution < 1.29 is 9.53 Å². The first-order valence-electron chi connectivity index (χ1n) is 4.84. The lowest BCUT2D eigenvalue weighted by molar-refractivity contribution is -0.143. The zero-order chi connectivity index (χ0) is 11.3. The number of esters is 1. The molecule has 1 heterocycles. The molecule has 0 aliphatic heterocycles. The van der Waals surface area contributed by atoms with E-state index < -0.39 is 0 Å². The fourth-order valence-electron chi connectivity index (χ4n) is 1.14. The average Bonchev–Trinajstić information content (AvgIpc) is 2.70. The summed E-state index contributed by atoms with van der Waals surface area (Å²) in [4.78, 5) is 16.4. The zero-order valence-corrected chi connectivity index (χ0v) is 10.0. The van der Waals surface area contributed by atoms with Crippen molar-refractivity contribution in [1.82, 2.24) is 10.3 Å². The van der Waals surface area contributed by atoms with Gasteiger partial charge in [0.15, 0.2) is 0 Å². The van der Waals surface area contributed by atoms with Crippen LogP contribution in [0, 0.1) is 5.92 Å². The first kappa shape index (κ1) is 12.1. The van der Waals surface area contributed by atoms with Crippen molar-refractivity contribution in [3.63, 3.8) is 0 Å². The molecule has 5 heteroatoms. The minimum atomic E-state index is -0.384. The van der Waals surface area contributed by atoms with E-state index in [0.717, 1.165) is 11.4 Å². The number of hydrogen-bond donors (Lipinski definition) is 1. The number of nitrogens with zero attached hydrogens (tertiary/aromatic N) is 1. The summed E-state index contributed by atoms with van der Waals surface area (Å²) in [6.07, 6.45) is 1.69. The summed E-state index contributed by atoms with van der Waals surface area (Å²) < 4.78 is 4.75. The van der Waals surface area contributed by atoms with Crippen LogP contribution in [0.5, 0.6) is 0 Å². The smallest absolute Gasteiger partial charge is 0.328 e. The Kier molecular flexibility index (Phi) is 4.71. The number of carbonyl (C=O) groups excluding carboxylic acids is 1. The average molecular weight is 228 g/mol. The molecular formula is C10H16N2O2S. The van der Waals surface area contributed by atoms with Gasteiger partial charge in [-0.15, -0.1) is 11.3 Å². The minimum absolute atomic E-state index is 0.264. The SMILES string of the molecule is COC(=O)C(NCC(C)C)c1cncs1. The molecule has 1 rings (SSSR count). The quantitative estimate of drug-likeness (QED) is 0.778. The first-order valence-corrected chi connectivity index (χ1v) is 5.72. The molecule has 1 aromatic heterocycles. The Hall–Kier alpha value is -0.940. The normalized spacial score (nSPS) is 12.8. The Labute approximate surface area is 93.7 Å². The molecule has 1 aromatic rings. The van der Waals surface area contributed by atoms with Gasteiger partial charge in [0.1, 0.15) is 6.04 Å². The van der Waals surface area contributed by atoms with Crippen molar-refractivity contribution in [2.24, 2.45) is 5.92 Å². The first-order chi connectivity index (χ1) is 7.15. The number of methoxy groups -OCH3 is 1. The van der Waals surface area contributed by atoms with E-state index in [0.29, 0.717) is 5.92 Å². The Morgan fingerprint density at radius 1 is 1.67 bits per heavy atom. The molecule has 0 aliphatic carbocycles. The van der Waals surface area contributed by atoms with Gasteiger partial charge in [-0.05, 0) is 12.5 Å². The van der Waals surface area contributed by atoms with Gasteiger partial charge in [-0.2, -0.15) is 0 Å². The Morgan fingerprint density at radius 3 is 2.87 bits per heavy atom. The lowest BCUT2D eigenvalue weighted by Crippen LogP contribution is -2.31. The molecule has 1 atom stereocenters. The van der Waals surface area contributed by atoms with Crippen LogP contribution in [0.3, 0.4) is 0 Å². The van der Waals surface area contributed by atoms with E-state index in [9.17, 15) is 4.79 Å². The summed E-state index contributed by atoms with van der Waals surface area (Å²) in [5.74, 6) is 0.227. The molecule has 0 aliphatic rings. The van der Waals surface area contributed by atoms with Crippen molar-refractivity contribution in [2.45, 2.75) is 19.9 Å². The second kappa shape index (κ2) is 5.82. The van der Waals surface area contributed by atoms with Crippen LogP contribution in [-0.4, -0.2) is 24.6 Å². The predicted octanol–water partition coefficient (Wildman–Crippen LogP) is 1.60. The Balaban J connectivity index is 2.66. The molecule has 84 valence electrons. The molecule has 1 N–H and O–H groups in total. The van der Waals surface area contributed by atoms with Crippen molar-refractivity contribution in [1.29, 1.82) is 0 Å². The van der Waals surface area contributed by atoms with Crippen LogP contribution in [0.1, 0.15) is 24.8 Å². The van der Waals surface area contributed by atoms with Crippen LogP contribution in [0.15, 0.2) is 11.7 Å². The topological polar surface area (TPSA) is 51.2 Å². The van der Waals surface area contributed by atoms with E-state index in [2.05, 4.69) is 24.1 Å². The van der Waals surface area contributed by atoms with Gasteiger partial charge in [0, 0.05) is 6.20 Å². The highest BCUT2D eigenvalue weighted by Gasteiger charge is 2.22. The largest absolute Gasteiger partial charge is 0.468 e. The third-order valence-corrected chi connectivity index (χ3v) is 2.74. The highest BCUT2D eigenvalue weighted by atomic mass is 32.1. The van der Waals surface area contributed by atoms with Crippen LogP contribution in [0.4, 0.5) is 0 Å². The maximum absolute atomic E-state index is 11.5. The van der Waals surface area contributed by atoms with Gasteiger partial charge in [0.05, 0.1) is 17.5 Å².